The third kappa shape index (κ3) is 12.5. The summed E-state index contributed by atoms with van der Waals surface area (Å²) in [6.07, 6.45) is 0.864. The minimum absolute atomic E-state index is 0.110. The number of nitrogens with zero attached hydrogens (tertiary/aromatic N) is 1. The predicted molar refractivity (Wildman–Crippen MR) is 192 cm³/mol. The van der Waals surface area contributed by atoms with E-state index in [1.807, 2.05) is 91.0 Å². The molecule has 12 heteroatoms. The highest BCUT2D eigenvalue weighted by Gasteiger charge is 2.27. The van der Waals surface area contributed by atoms with Gasteiger partial charge in [-0.15, -0.1) is 0 Å². The molecular weight excluding hydrogens is 634 g/mol. The van der Waals surface area contributed by atoms with E-state index in [0.717, 1.165) is 22.3 Å². The van der Waals surface area contributed by atoms with Crippen molar-refractivity contribution in [3.8, 4) is 5.75 Å². The van der Waals surface area contributed by atoms with E-state index in [1.165, 1.54) is 12.1 Å². The molecule has 0 radical (unpaired) electrons. The molecule has 1 atom stereocenters. The minimum Gasteiger partial charge on any atom is -0.508 e. The molecule has 0 fully saturated rings. The van der Waals surface area contributed by atoms with Gasteiger partial charge in [-0.1, -0.05) is 103 Å². The standard InChI is InChI=1S/C38H43N7O5/c39-37(45-38(50)42-24-23-40-33(47)25-27-11-4-1-5-12-27)41-22-10-17-32(35(48)43-26-28-18-20-31(46)21-19-28)44-36(49)34(29-13-6-2-7-14-29)30-15-8-3-9-16-30/h1-9,11-16,18-21,32,34,46H,10,17,22-26H2,(H,40,47)(H,43,48)(H,44,49)(H4,39,41,42,45,50)/t32-/m1/s1. The third-order valence-electron chi connectivity index (χ3n) is 7.68. The van der Waals surface area contributed by atoms with Gasteiger partial charge < -0.3 is 32.1 Å². The maximum Gasteiger partial charge on any atom is 0.321 e. The zero-order chi connectivity index (χ0) is 35.6. The highest BCUT2D eigenvalue weighted by Crippen LogP contribution is 2.25. The van der Waals surface area contributed by atoms with Gasteiger partial charge in [0.2, 0.25) is 17.7 Å². The zero-order valence-electron chi connectivity index (χ0n) is 27.7. The molecule has 4 aromatic carbocycles. The molecule has 0 aliphatic rings. The Balaban J connectivity index is 1.30. The molecule has 8 N–H and O–H groups in total. The van der Waals surface area contributed by atoms with Crippen LogP contribution in [0.5, 0.6) is 5.75 Å². The minimum atomic E-state index is -0.890. The summed E-state index contributed by atoms with van der Waals surface area (Å²) < 4.78 is 0. The monoisotopic (exact) mass is 677 g/mol. The van der Waals surface area contributed by atoms with Gasteiger partial charge >= 0.3 is 6.03 Å². The molecule has 0 aliphatic heterocycles. The van der Waals surface area contributed by atoms with Gasteiger partial charge in [0, 0.05) is 26.2 Å². The number of phenols is 1. The molecule has 0 saturated heterocycles. The lowest BCUT2D eigenvalue weighted by Gasteiger charge is -2.23. The molecular formula is C38H43N7O5. The molecule has 4 rings (SSSR count). The molecule has 0 heterocycles. The second-order valence-electron chi connectivity index (χ2n) is 11.5. The number of rotatable bonds is 16. The van der Waals surface area contributed by atoms with Crippen molar-refractivity contribution in [2.45, 2.75) is 37.8 Å². The summed E-state index contributed by atoms with van der Waals surface area (Å²) in [6.45, 7) is 0.813. The van der Waals surface area contributed by atoms with Crippen LogP contribution < -0.4 is 32.3 Å². The van der Waals surface area contributed by atoms with Gasteiger partial charge in [-0.05, 0) is 47.2 Å². The number of carbonyl (C=O) groups excluding carboxylic acids is 4. The molecule has 5 amide bonds. The van der Waals surface area contributed by atoms with E-state index in [9.17, 15) is 24.3 Å². The van der Waals surface area contributed by atoms with Crippen LogP contribution in [0.4, 0.5) is 4.79 Å². The second kappa shape index (κ2) is 19.6. The lowest BCUT2D eigenvalue weighted by molar-refractivity contribution is -0.129. The number of hydrogen-bond acceptors (Lipinski definition) is 6. The molecule has 4 aromatic rings. The number of aromatic hydroxyl groups is 1. The van der Waals surface area contributed by atoms with Gasteiger partial charge in [-0.25, -0.2) is 4.79 Å². The molecule has 50 heavy (non-hydrogen) atoms. The largest absolute Gasteiger partial charge is 0.508 e. The Morgan fingerprint density at radius 3 is 1.88 bits per heavy atom. The van der Waals surface area contributed by atoms with E-state index in [0.29, 0.717) is 6.42 Å². The third-order valence-corrected chi connectivity index (χ3v) is 7.68. The van der Waals surface area contributed by atoms with Crippen LogP contribution in [0.1, 0.15) is 41.0 Å². The van der Waals surface area contributed by atoms with Crippen molar-refractivity contribution in [2.24, 2.45) is 10.7 Å². The van der Waals surface area contributed by atoms with E-state index in [4.69, 9.17) is 5.73 Å². The van der Waals surface area contributed by atoms with Crippen LogP contribution in [0.25, 0.3) is 0 Å². The van der Waals surface area contributed by atoms with E-state index in [2.05, 4.69) is 31.6 Å². The van der Waals surface area contributed by atoms with E-state index < -0.39 is 18.0 Å². The van der Waals surface area contributed by atoms with Crippen LogP contribution in [-0.4, -0.2) is 60.5 Å². The fourth-order valence-electron chi connectivity index (χ4n) is 5.15. The first-order chi connectivity index (χ1) is 24.3. The second-order valence-corrected chi connectivity index (χ2v) is 11.5. The summed E-state index contributed by atoms with van der Waals surface area (Å²) >= 11 is 0. The Hall–Kier alpha value is -6.17. The first-order valence-corrected chi connectivity index (χ1v) is 16.4. The molecule has 0 aliphatic carbocycles. The Bertz CT molecular complexity index is 1660. The number of guanidine groups is 1. The lowest BCUT2D eigenvalue weighted by atomic mass is 9.90. The topological polar surface area (TPSA) is 187 Å². The van der Waals surface area contributed by atoms with Gasteiger partial charge in [0.15, 0.2) is 5.96 Å². The zero-order valence-corrected chi connectivity index (χ0v) is 27.7. The number of amides is 5. The van der Waals surface area contributed by atoms with Crippen LogP contribution in [0.3, 0.4) is 0 Å². The molecule has 0 saturated carbocycles. The number of aliphatic imine (C=N–C) groups is 1. The maximum absolute atomic E-state index is 13.8. The first kappa shape index (κ1) is 36.7. The highest BCUT2D eigenvalue weighted by atomic mass is 16.3. The quantitative estimate of drug-likeness (QED) is 0.0543. The van der Waals surface area contributed by atoms with Crippen LogP contribution in [-0.2, 0) is 27.3 Å². The highest BCUT2D eigenvalue weighted by molar-refractivity contribution is 5.95. The average molecular weight is 678 g/mol. The van der Waals surface area contributed by atoms with Gasteiger partial charge in [0.1, 0.15) is 11.8 Å². The number of urea groups is 1. The van der Waals surface area contributed by atoms with Gasteiger partial charge in [0.25, 0.3) is 0 Å². The Morgan fingerprint density at radius 2 is 1.26 bits per heavy atom. The Labute approximate surface area is 291 Å². The average Bonchev–Trinajstić information content (AvgIpc) is 3.12. The molecule has 12 nitrogen and oxygen atoms in total. The van der Waals surface area contributed by atoms with E-state index in [1.54, 1.807) is 12.1 Å². The molecule has 0 unspecified atom stereocenters. The van der Waals surface area contributed by atoms with Crippen molar-refractivity contribution in [1.29, 1.82) is 0 Å². The van der Waals surface area contributed by atoms with Crippen LogP contribution in [0.2, 0.25) is 0 Å². The number of hydrogen-bond donors (Lipinski definition) is 7. The molecule has 0 bridgehead atoms. The van der Waals surface area contributed by atoms with Crippen molar-refractivity contribution in [3.05, 3.63) is 138 Å². The van der Waals surface area contributed by atoms with Gasteiger partial charge in [0.05, 0.1) is 12.3 Å². The number of carbonyl (C=O) groups is 4. The van der Waals surface area contributed by atoms with Crippen molar-refractivity contribution >= 4 is 29.7 Å². The first-order valence-electron chi connectivity index (χ1n) is 16.4. The van der Waals surface area contributed by atoms with Crippen molar-refractivity contribution in [2.75, 3.05) is 19.6 Å². The number of benzene rings is 4. The summed E-state index contributed by atoms with van der Waals surface area (Å²) in [5, 5.41) is 23.2. The Morgan fingerprint density at radius 1 is 0.680 bits per heavy atom. The smallest absolute Gasteiger partial charge is 0.321 e. The van der Waals surface area contributed by atoms with Crippen molar-refractivity contribution in [1.82, 2.24) is 26.6 Å². The summed E-state index contributed by atoms with van der Waals surface area (Å²) in [6, 6.07) is 33.1. The van der Waals surface area contributed by atoms with E-state index >= 15 is 0 Å². The maximum atomic E-state index is 13.8. The summed E-state index contributed by atoms with van der Waals surface area (Å²) in [4.78, 5) is 55.7. The lowest BCUT2D eigenvalue weighted by Crippen LogP contribution is -2.48. The van der Waals surface area contributed by atoms with Crippen molar-refractivity contribution < 1.29 is 24.3 Å². The van der Waals surface area contributed by atoms with Gasteiger partial charge in [-0.3, -0.25) is 24.7 Å². The summed E-state index contributed by atoms with van der Waals surface area (Å²) in [5.74, 6) is -1.49. The number of nitrogens with one attached hydrogen (secondary N) is 5. The predicted octanol–water partition coefficient (Wildman–Crippen LogP) is 3.08. The van der Waals surface area contributed by atoms with Crippen LogP contribution in [0.15, 0.2) is 120 Å². The normalized spacial score (nSPS) is 11.7. The summed E-state index contributed by atoms with van der Waals surface area (Å²) in [7, 11) is 0. The molecule has 260 valence electrons. The number of phenolic OH excluding ortho intramolecular Hbond substituents is 1. The molecule has 0 aromatic heterocycles. The number of nitrogens with two attached hydrogens (primary N) is 1. The molecule has 0 spiro atoms. The van der Waals surface area contributed by atoms with Crippen LogP contribution >= 0.6 is 0 Å². The van der Waals surface area contributed by atoms with Gasteiger partial charge in [-0.2, -0.15) is 0 Å². The Kier molecular flexibility index (Phi) is 14.4. The summed E-state index contributed by atoms with van der Waals surface area (Å²) in [5.41, 5.74) is 9.16. The fourth-order valence-corrected chi connectivity index (χ4v) is 5.15. The SMILES string of the molecule is NC(=NCCC[C@@H](NC(=O)C(c1ccccc1)c1ccccc1)C(=O)NCc1ccc(O)cc1)NC(=O)NCCNC(=O)Cc1ccccc1. The van der Waals surface area contributed by atoms with Crippen molar-refractivity contribution in [3.63, 3.8) is 0 Å². The van der Waals surface area contributed by atoms with E-state index in [-0.39, 0.29) is 68.5 Å². The fraction of sp³-hybridized carbons (Fsp3) is 0.237. The van der Waals surface area contributed by atoms with Crippen LogP contribution in [0, 0.1) is 0 Å².